The Morgan fingerprint density at radius 2 is 1.96 bits per heavy atom. The number of nitrogens with one attached hydrogen (secondary N) is 1. The van der Waals surface area contributed by atoms with Gasteiger partial charge in [0.15, 0.2) is 0 Å². The number of carbonyl (C=O) groups is 1. The molecule has 1 aliphatic carbocycles. The van der Waals surface area contributed by atoms with E-state index in [4.69, 9.17) is 17.3 Å². The van der Waals surface area contributed by atoms with Gasteiger partial charge in [0.2, 0.25) is 0 Å². The van der Waals surface area contributed by atoms with E-state index in [1.165, 1.54) is 11.3 Å². The molecular formula is C16H20Cl3N3OS. The van der Waals surface area contributed by atoms with Gasteiger partial charge in [-0.1, -0.05) is 23.7 Å². The number of amides is 1. The first-order valence-corrected chi connectivity index (χ1v) is 8.65. The van der Waals surface area contributed by atoms with Gasteiger partial charge in [0, 0.05) is 28.0 Å². The number of benzene rings is 1. The molecule has 8 heteroatoms. The molecule has 0 bridgehead atoms. The van der Waals surface area contributed by atoms with Crippen molar-refractivity contribution in [2.75, 3.05) is 0 Å². The molecule has 1 aromatic heterocycles. The maximum absolute atomic E-state index is 12.3. The molecule has 2 aromatic rings. The minimum atomic E-state index is -0.106. The van der Waals surface area contributed by atoms with Crippen LogP contribution in [-0.2, 0) is 0 Å². The van der Waals surface area contributed by atoms with Gasteiger partial charge >= 0.3 is 0 Å². The van der Waals surface area contributed by atoms with Crippen LogP contribution in [0.15, 0.2) is 29.6 Å². The zero-order chi connectivity index (χ0) is 15.5. The van der Waals surface area contributed by atoms with E-state index >= 15 is 0 Å². The van der Waals surface area contributed by atoms with Crippen molar-refractivity contribution in [1.29, 1.82) is 0 Å². The fourth-order valence-corrected chi connectivity index (χ4v) is 3.64. The van der Waals surface area contributed by atoms with Crippen LogP contribution in [0.4, 0.5) is 0 Å². The Kier molecular flexibility index (Phi) is 8.46. The lowest BCUT2D eigenvalue weighted by Gasteiger charge is -2.26. The van der Waals surface area contributed by atoms with E-state index in [9.17, 15) is 4.79 Å². The van der Waals surface area contributed by atoms with Crippen molar-refractivity contribution >= 4 is 53.7 Å². The third-order valence-electron chi connectivity index (χ3n) is 3.92. The lowest BCUT2D eigenvalue weighted by atomic mass is 9.92. The molecule has 24 heavy (non-hydrogen) atoms. The van der Waals surface area contributed by atoms with Crippen LogP contribution in [0.5, 0.6) is 0 Å². The first-order valence-electron chi connectivity index (χ1n) is 7.40. The summed E-state index contributed by atoms with van der Waals surface area (Å²) in [5, 5.41) is 6.32. The highest BCUT2D eigenvalue weighted by molar-refractivity contribution is 7.13. The summed E-state index contributed by atoms with van der Waals surface area (Å²) in [5.74, 6) is -0.106. The van der Waals surface area contributed by atoms with Crippen LogP contribution < -0.4 is 11.1 Å². The summed E-state index contributed by atoms with van der Waals surface area (Å²) in [6.07, 6.45) is 3.82. The third-order valence-corrected chi connectivity index (χ3v) is 5.04. The monoisotopic (exact) mass is 407 g/mol. The molecule has 0 saturated heterocycles. The number of rotatable bonds is 3. The Morgan fingerprint density at radius 1 is 1.25 bits per heavy atom. The fourth-order valence-electron chi connectivity index (χ4n) is 2.65. The molecule has 1 amide bonds. The molecule has 3 N–H and O–H groups in total. The van der Waals surface area contributed by atoms with Crippen molar-refractivity contribution in [3.05, 3.63) is 40.4 Å². The maximum Gasteiger partial charge on any atom is 0.270 e. The van der Waals surface area contributed by atoms with Gasteiger partial charge in [0.25, 0.3) is 5.91 Å². The largest absolute Gasteiger partial charge is 0.348 e. The SMILES string of the molecule is Cl.Cl.NC1CCC(NC(=O)c2csc(-c3cccc(Cl)c3)n2)CC1. The zero-order valence-corrected chi connectivity index (χ0v) is 16.1. The molecule has 0 unspecified atom stereocenters. The second-order valence-electron chi connectivity index (χ2n) is 5.63. The third kappa shape index (κ3) is 5.33. The van der Waals surface area contributed by atoms with Gasteiger partial charge in [0.1, 0.15) is 10.7 Å². The smallest absolute Gasteiger partial charge is 0.270 e. The Balaban J connectivity index is 0.00000144. The first-order chi connectivity index (χ1) is 10.6. The normalized spacial score (nSPS) is 19.8. The molecule has 1 heterocycles. The van der Waals surface area contributed by atoms with Gasteiger partial charge in [-0.05, 0) is 37.8 Å². The minimum Gasteiger partial charge on any atom is -0.348 e. The molecule has 4 nitrogen and oxygen atoms in total. The summed E-state index contributed by atoms with van der Waals surface area (Å²) in [6.45, 7) is 0. The van der Waals surface area contributed by atoms with Gasteiger partial charge < -0.3 is 11.1 Å². The van der Waals surface area contributed by atoms with Crippen molar-refractivity contribution in [2.24, 2.45) is 5.73 Å². The summed E-state index contributed by atoms with van der Waals surface area (Å²) in [7, 11) is 0. The van der Waals surface area contributed by atoms with Crippen molar-refractivity contribution in [2.45, 2.75) is 37.8 Å². The number of thiazole rings is 1. The van der Waals surface area contributed by atoms with Gasteiger partial charge in [-0.25, -0.2) is 4.98 Å². The van der Waals surface area contributed by atoms with Crippen LogP contribution in [0.25, 0.3) is 10.6 Å². The van der Waals surface area contributed by atoms with Crippen molar-refractivity contribution in [3.8, 4) is 10.6 Å². The van der Waals surface area contributed by atoms with Crippen LogP contribution in [0.1, 0.15) is 36.2 Å². The zero-order valence-electron chi connectivity index (χ0n) is 12.9. The Labute approximate surface area is 163 Å². The Hall–Kier alpha value is -0.850. The molecule has 1 aromatic carbocycles. The van der Waals surface area contributed by atoms with Gasteiger partial charge in [-0.3, -0.25) is 4.79 Å². The lowest BCUT2D eigenvalue weighted by Crippen LogP contribution is -2.40. The van der Waals surface area contributed by atoms with Crippen molar-refractivity contribution in [3.63, 3.8) is 0 Å². The number of aromatic nitrogens is 1. The van der Waals surface area contributed by atoms with Gasteiger partial charge in [-0.2, -0.15) is 0 Å². The molecule has 1 aliphatic rings. The molecule has 1 fully saturated rings. The van der Waals surface area contributed by atoms with E-state index in [-0.39, 0.29) is 42.8 Å². The van der Waals surface area contributed by atoms with Crippen LogP contribution in [-0.4, -0.2) is 23.0 Å². The predicted octanol–water partition coefficient (Wildman–Crippen LogP) is 4.31. The van der Waals surface area contributed by atoms with Crippen molar-refractivity contribution in [1.82, 2.24) is 10.3 Å². The average Bonchev–Trinajstić information content (AvgIpc) is 3.00. The van der Waals surface area contributed by atoms with Crippen LogP contribution in [0, 0.1) is 0 Å². The van der Waals surface area contributed by atoms with E-state index in [1.807, 2.05) is 24.3 Å². The first kappa shape index (κ1) is 21.2. The predicted molar refractivity (Wildman–Crippen MR) is 105 cm³/mol. The highest BCUT2D eigenvalue weighted by Crippen LogP contribution is 2.26. The average molecular weight is 409 g/mol. The standard InChI is InChI=1S/C16H18ClN3OS.2ClH/c17-11-3-1-2-10(8-11)16-20-14(9-22-16)15(21)19-13-6-4-12(18)5-7-13;;/h1-3,8-9,12-13H,4-7,18H2,(H,19,21);2*1H. The molecule has 0 atom stereocenters. The maximum atomic E-state index is 12.3. The second-order valence-corrected chi connectivity index (χ2v) is 6.93. The lowest BCUT2D eigenvalue weighted by molar-refractivity contribution is 0.0921. The van der Waals surface area contributed by atoms with Crippen LogP contribution in [0.3, 0.4) is 0 Å². The number of nitrogens with zero attached hydrogens (tertiary/aromatic N) is 1. The molecular weight excluding hydrogens is 389 g/mol. The summed E-state index contributed by atoms with van der Waals surface area (Å²) in [4.78, 5) is 16.7. The number of hydrogen-bond donors (Lipinski definition) is 2. The Bertz CT molecular complexity index is 672. The molecule has 1 saturated carbocycles. The quantitative estimate of drug-likeness (QED) is 0.795. The van der Waals surface area contributed by atoms with Crippen LogP contribution >= 0.6 is 47.8 Å². The molecule has 3 rings (SSSR count). The molecule has 132 valence electrons. The summed E-state index contributed by atoms with van der Waals surface area (Å²) in [6, 6.07) is 7.98. The highest BCUT2D eigenvalue weighted by atomic mass is 35.5. The van der Waals surface area contributed by atoms with Gasteiger partial charge in [0.05, 0.1) is 0 Å². The van der Waals surface area contributed by atoms with Crippen LogP contribution in [0.2, 0.25) is 5.02 Å². The van der Waals surface area contributed by atoms with Crippen molar-refractivity contribution < 1.29 is 4.79 Å². The highest BCUT2D eigenvalue weighted by Gasteiger charge is 2.21. The van der Waals surface area contributed by atoms with E-state index in [0.29, 0.717) is 10.7 Å². The van der Waals surface area contributed by atoms with E-state index in [2.05, 4.69) is 10.3 Å². The molecule has 0 spiro atoms. The fraction of sp³-hybridized carbons (Fsp3) is 0.375. The number of halogens is 3. The van der Waals surface area contributed by atoms with Gasteiger partial charge in [-0.15, -0.1) is 36.2 Å². The summed E-state index contributed by atoms with van der Waals surface area (Å²) in [5.41, 5.74) is 7.28. The van der Waals surface area contributed by atoms with E-state index < -0.39 is 0 Å². The topological polar surface area (TPSA) is 68.0 Å². The molecule has 0 aliphatic heterocycles. The molecule has 0 radical (unpaired) electrons. The number of hydrogen-bond acceptors (Lipinski definition) is 4. The van der Waals surface area contributed by atoms with E-state index in [0.717, 1.165) is 36.3 Å². The number of nitrogens with two attached hydrogens (primary N) is 1. The summed E-state index contributed by atoms with van der Waals surface area (Å²) < 4.78 is 0. The second kappa shape index (κ2) is 9.59. The Morgan fingerprint density at radius 3 is 2.62 bits per heavy atom. The van der Waals surface area contributed by atoms with E-state index in [1.54, 1.807) is 5.38 Å². The number of carbonyl (C=O) groups excluding carboxylic acids is 1. The minimum absolute atomic E-state index is 0. The summed E-state index contributed by atoms with van der Waals surface area (Å²) >= 11 is 7.44.